The molecule has 1 atom stereocenters. The van der Waals surface area contributed by atoms with Gasteiger partial charge in [-0.2, -0.15) is 5.26 Å². The van der Waals surface area contributed by atoms with Gasteiger partial charge in [-0.15, -0.1) is 0 Å². The van der Waals surface area contributed by atoms with Crippen molar-refractivity contribution in [1.29, 1.82) is 5.26 Å². The summed E-state index contributed by atoms with van der Waals surface area (Å²) in [5.41, 5.74) is 1.21. The Kier molecular flexibility index (Phi) is 4.99. The van der Waals surface area contributed by atoms with E-state index in [1.165, 1.54) is 0 Å². The van der Waals surface area contributed by atoms with E-state index in [9.17, 15) is 18.8 Å². The summed E-state index contributed by atoms with van der Waals surface area (Å²) in [6, 6.07) is 10.9. The van der Waals surface area contributed by atoms with Gasteiger partial charge in [0.05, 0.1) is 11.6 Å². The average molecular weight is 328 g/mol. The third kappa shape index (κ3) is 3.96. The van der Waals surface area contributed by atoms with Crippen LogP contribution in [0, 0.1) is 23.0 Å². The molecule has 2 aromatic carbocycles. The van der Waals surface area contributed by atoms with E-state index in [4.69, 9.17) is 0 Å². The topological polar surface area (TPSA) is 52.9 Å². The molecule has 3 nitrogen and oxygen atoms in total. The summed E-state index contributed by atoms with van der Waals surface area (Å²) in [7, 11) is 0. The quantitative estimate of drug-likeness (QED) is 0.915. The highest BCUT2D eigenvalue weighted by atomic mass is 19.1. The molecule has 0 aromatic heterocycles. The smallest absolute Gasteiger partial charge is 0.255 e. The number of nitrogens with zero attached hydrogens (tertiary/aromatic N) is 1. The molecule has 0 aliphatic carbocycles. The van der Waals surface area contributed by atoms with Crippen molar-refractivity contribution in [1.82, 2.24) is 5.32 Å². The normalized spacial score (nSPS) is 12.3. The monoisotopic (exact) mass is 328 g/mol. The van der Waals surface area contributed by atoms with Crippen molar-refractivity contribution in [2.24, 2.45) is 0 Å². The molecule has 1 N–H and O–H groups in total. The lowest BCUT2D eigenvalue weighted by atomic mass is 9.86. The highest BCUT2D eigenvalue weighted by molar-refractivity contribution is 5.94. The Hall–Kier alpha value is -2.74. The summed E-state index contributed by atoms with van der Waals surface area (Å²) in [6.07, 6.45) is 0. The van der Waals surface area contributed by atoms with Gasteiger partial charge in [0.25, 0.3) is 5.91 Å². The Morgan fingerprint density at radius 3 is 2.29 bits per heavy atom. The number of nitriles is 1. The molecule has 1 unspecified atom stereocenters. The number of halogens is 2. The molecular formula is C19H18F2N2O. The van der Waals surface area contributed by atoms with Gasteiger partial charge in [-0.05, 0) is 34.7 Å². The second-order valence-corrected chi connectivity index (χ2v) is 6.53. The molecule has 0 saturated carbocycles. The second kappa shape index (κ2) is 6.79. The van der Waals surface area contributed by atoms with Crippen molar-refractivity contribution < 1.29 is 13.6 Å². The Morgan fingerprint density at radius 1 is 1.12 bits per heavy atom. The summed E-state index contributed by atoms with van der Waals surface area (Å²) in [4.78, 5) is 12.1. The van der Waals surface area contributed by atoms with Gasteiger partial charge in [0.2, 0.25) is 0 Å². The summed E-state index contributed by atoms with van der Waals surface area (Å²) in [5.74, 6) is -2.39. The van der Waals surface area contributed by atoms with Crippen molar-refractivity contribution in [2.75, 3.05) is 0 Å². The average Bonchev–Trinajstić information content (AvgIpc) is 2.54. The van der Waals surface area contributed by atoms with Gasteiger partial charge in [-0.3, -0.25) is 4.79 Å². The van der Waals surface area contributed by atoms with Crippen LogP contribution >= 0.6 is 0 Å². The van der Waals surface area contributed by atoms with Crippen LogP contribution in [0.5, 0.6) is 0 Å². The third-order valence-corrected chi connectivity index (χ3v) is 3.69. The fourth-order valence-electron chi connectivity index (χ4n) is 2.25. The number of carbonyl (C=O) groups excluding carboxylic acids is 1. The lowest BCUT2D eigenvalue weighted by Crippen LogP contribution is -2.28. The van der Waals surface area contributed by atoms with Crippen LogP contribution in [0.2, 0.25) is 0 Å². The standard InChI is InChI=1S/C19H18F2N2O/c1-19(2,3)13-6-4-12(5-7-13)17(11-22)23-18(24)15-10-14(20)8-9-16(15)21/h4-10,17H,1-3H3,(H,23,24). The zero-order chi connectivity index (χ0) is 17.9. The van der Waals surface area contributed by atoms with Gasteiger partial charge in [0.15, 0.2) is 0 Å². The Bertz CT molecular complexity index is 786. The minimum atomic E-state index is -0.950. The first-order valence-corrected chi connectivity index (χ1v) is 7.48. The molecule has 0 aliphatic heterocycles. The molecule has 0 fully saturated rings. The first-order valence-electron chi connectivity index (χ1n) is 7.48. The number of benzene rings is 2. The Balaban J connectivity index is 2.22. The fourth-order valence-corrected chi connectivity index (χ4v) is 2.25. The van der Waals surface area contributed by atoms with Gasteiger partial charge >= 0.3 is 0 Å². The highest BCUT2D eigenvalue weighted by Crippen LogP contribution is 2.24. The van der Waals surface area contributed by atoms with Crippen molar-refractivity contribution in [3.8, 4) is 6.07 Å². The first kappa shape index (κ1) is 17.6. The minimum absolute atomic E-state index is 0.0331. The minimum Gasteiger partial charge on any atom is -0.332 e. The third-order valence-electron chi connectivity index (χ3n) is 3.69. The van der Waals surface area contributed by atoms with Crippen LogP contribution in [0.15, 0.2) is 42.5 Å². The van der Waals surface area contributed by atoms with E-state index in [0.717, 1.165) is 23.8 Å². The van der Waals surface area contributed by atoms with Crippen molar-refractivity contribution in [3.63, 3.8) is 0 Å². The maximum absolute atomic E-state index is 13.7. The zero-order valence-electron chi connectivity index (χ0n) is 13.7. The molecule has 0 radical (unpaired) electrons. The molecule has 0 saturated heterocycles. The van der Waals surface area contributed by atoms with Crippen LogP contribution in [0.25, 0.3) is 0 Å². The molecule has 0 bridgehead atoms. The number of amides is 1. The number of hydrogen-bond donors (Lipinski definition) is 1. The van der Waals surface area contributed by atoms with E-state index in [2.05, 4.69) is 26.1 Å². The Labute approximate surface area is 139 Å². The Morgan fingerprint density at radius 2 is 1.75 bits per heavy atom. The lowest BCUT2D eigenvalue weighted by Gasteiger charge is -2.20. The van der Waals surface area contributed by atoms with Crippen LogP contribution in [0.4, 0.5) is 8.78 Å². The maximum Gasteiger partial charge on any atom is 0.255 e. The van der Waals surface area contributed by atoms with Crippen molar-refractivity contribution in [2.45, 2.75) is 32.2 Å². The number of rotatable bonds is 3. The summed E-state index contributed by atoms with van der Waals surface area (Å²) in [6.45, 7) is 6.20. The van der Waals surface area contributed by atoms with E-state index >= 15 is 0 Å². The van der Waals surface area contributed by atoms with Crippen LogP contribution in [0.3, 0.4) is 0 Å². The van der Waals surface area contributed by atoms with Crippen LogP contribution in [0.1, 0.15) is 48.3 Å². The van der Waals surface area contributed by atoms with Gasteiger partial charge in [-0.1, -0.05) is 45.0 Å². The summed E-state index contributed by atoms with van der Waals surface area (Å²) >= 11 is 0. The number of nitrogens with one attached hydrogen (secondary N) is 1. The zero-order valence-corrected chi connectivity index (χ0v) is 13.7. The number of carbonyl (C=O) groups is 1. The molecule has 1 amide bonds. The van der Waals surface area contributed by atoms with E-state index in [1.54, 1.807) is 12.1 Å². The van der Waals surface area contributed by atoms with Crippen LogP contribution in [-0.4, -0.2) is 5.91 Å². The molecule has 0 aliphatic rings. The van der Waals surface area contributed by atoms with Crippen molar-refractivity contribution in [3.05, 3.63) is 70.8 Å². The van der Waals surface area contributed by atoms with Gasteiger partial charge in [0.1, 0.15) is 17.7 Å². The van der Waals surface area contributed by atoms with Crippen molar-refractivity contribution >= 4 is 5.91 Å². The molecule has 0 spiro atoms. The first-order chi connectivity index (χ1) is 11.2. The fraction of sp³-hybridized carbons (Fsp3) is 0.263. The van der Waals surface area contributed by atoms with Gasteiger partial charge in [0, 0.05) is 0 Å². The lowest BCUT2D eigenvalue weighted by molar-refractivity contribution is 0.0940. The molecule has 5 heteroatoms. The van der Waals surface area contributed by atoms with Gasteiger partial charge < -0.3 is 5.32 Å². The van der Waals surface area contributed by atoms with Gasteiger partial charge in [-0.25, -0.2) is 8.78 Å². The second-order valence-electron chi connectivity index (χ2n) is 6.53. The van der Waals surface area contributed by atoms with E-state index in [1.807, 2.05) is 18.2 Å². The van der Waals surface area contributed by atoms with Crippen LogP contribution in [-0.2, 0) is 5.41 Å². The molecule has 2 aromatic rings. The maximum atomic E-state index is 13.7. The predicted octanol–water partition coefficient (Wildman–Crippen LogP) is 4.26. The largest absolute Gasteiger partial charge is 0.332 e. The predicted molar refractivity (Wildman–Crippen MR) is 87.3 cm³/mol. The highest BCUT2D eigenvalue weighted by Gasteiger charge is 2.19. The molecule has 124 valence electrons. The van der Waals surface area contributed by atoms with E-state index in [0.29, 0.717) is 5.56 Å². The van der Waals surface area contributed by atoms with Crippen LogP contribution < -0.4 is 5.32 Å². The van der Waals surface area contributed by atoms with E-state index < -0.39 is 29.1 Å². The summed E-state index contributed by atoms with van der Waals surface area (Å²) < 4.78 is 26.8. The molecular weight excluding hydrogens is 310 g/mol. The SMILES string of the molecule is CC(C)(C)c1ccc(C(C#N)NC(=O)c2cc(F)ccc2F)cc1. The molecule has 24 heavy (non-hydrogen) atoms. The molecule has 0 heterocycles. The summed E-state index contributed by atoms with van der Waals surface area (Å²) in [5, 5.41) is 11.7. The van der Waals surface area contributed by atoms with E-state index in [-0.39, 0.29) is 5.41 Å². The number of hydrogen-bond acceptors (Lipinski definition) is 2. The molecule has 2 rings (SSSR count).